The van der Waals surface area contributed by atoms with E-state index in [9.17, 15) is 4.79 Å². The van der Waals surface area contributed by atoms with Gasteiger partial charge in [0.15, 0.2) is 11.5 Å². The van der Waals surface area contributed by atoms with Crippen LogP contribution in [0.3, 0.4) is 0 Å². The third-order valence-electron chi connectivity index (χ3n) is 7.16. The van der Waals surface area contributed by atoms with Gasteiger partial charge in [0, 0.05) is 5.56 Å². The van der Waals surface area contributed by atoms with Crippen molar-refractivity contribution in [2.75, 3.05) is 13.7 Å². The van der Waals surface area contributed by atoms with E-state index in [4.69, 9.17) is 9.47 Å². The Bertz CT molecular complexity index is 800. The molecule has 4 bridgehead atoms. The second kappa shape index (κ2) is 7.33. The van der Waals surface area contributed by atoms with Crippen molar-refractivity contribution >= 4 is 12.1 Å². The number of hydrazone groups is 1. The van der Waals surface area contributed by atoms with Crippen molar-refractivity contribution in [3.63, 3.8) is 0 Å². The molecule has 0 aromatic heterocycles. The SMILES string of the molecule is CCCOc1c(/C=N/NC(=O)C23CC4CC(C)(CC(C)(C4)C2)C3)cccc1OC. The second-order valence-corrected chi connectivity index (χ2v) is 10.3. The third-order valence-corrected chi connectivity index (χ3v) is 7.16. The number of benzene rings is 1. The minimum atomic E-state index is -0.254. The molecule has 5 rings (SSSR count). The highest BCUT2D eigenvalue weighted by Crippen LogP contribution is 2.69. The van der Waals surface area contributed by atoms with E-state index >= 15 is 0 Å². The van der Waals surface area contributed by atoms with E-state index in [-0.39, 0.29) is 11.3 Å². The lowest BCUT2D eigenvalue weighted by atomic mass is 9.40. The van der Waals surface area contributed by atoms with Crippen molar-refractivity contribution in [1.29, 1.82) is 0 Å². The first-order chi connectivity index (χ1) is 13.8. The van der Waals surface area contributed by atoms with Gasteiger partial charge in [0.25, 0.3) is 0 Å². The van der Waals surface area contributed by atoms with E-state index in [0.29, 0.717) is 34.9 Å². The maximum absolute atomic E-state index is 13.3. The average molecular weight is 399 g/mol. The summed E-state index contributed by atoms with van der Waals surface area (Å²) in [6.07, 6.45) is 9.42. The van der Waals surface area contributed by atoms with Gasteiger partial charge in [-0.2, -0.15) is 5.10 Å². The Morgan fingerprint density at radius 1 is 1.21 bits per heavy atom. The quantitative estimate of drug-likeness (QED) is 0.523. The molecule has 2 unspecified atom stereocenters. The fourth-order valence-electron chi connectivity index (χ4n) is 7.13. The lowest BCUT2D eigenvalue weighted by Crippen LogP contribution is -2.59. The number of hydrogen-bond acceptors (Lipinski definition) is 4. The summed E-state index contributed by atoms with van der Waals surface area (Å²) in [6.45, 7) is 7.44. The molecule has 158 valence electrons. The Hall–Kier alpha value is -2.04. The number of methoxy groups -OCH3 is 1. The minimum absolute atomic E-state index is 0.0919. The second-order valence-electron chi connectivity index (χ2n) is 10.3. The van der Waals surface area contributed by atoms with Crippen LogP contribution >= 0.6 is 0 Å². The monoisotopic (exact) mass is 398 g/mol. The highest BCUT2D eigenvalue weighted by molar-refractivity contribution is 5.88. The summed E-state index contributed by atoms with van der Waals surface area (Å²) in [5, 5.41) is 4.33. The van der Waals surface area contributed by atoms with E-state index in [1.165, 1.54) is 19.3 Å². The van der Waals surface area contributed by atoms with E-state index in [1.54, 1.807) is 13.3 Å². The molecule has 1 aromatic rings. The fourth-order valence-corrected chi connectivity index (χ4v) is 7.13. The molecule has 4 fully saturated rings. The van der Waals surface area contributed by atoms with Gasteiger partial charge in [-0.25, -0.2) is 5.43 Å². The summed E-state index contributed by atoms with van der Waals surface area (Å²) in [5.41, 5.74) is 4.05. The van der Waals surface area contributed by atoms with Crippen LogP contribution in [-0.2, 0) is 4.79 Å². The molecule has 2 atom stereocenters. The lowest BCUT2D eigenvalue weighted by molar-refractivity contribution is -0.170. The van der Waals surface area contributed by atoms with Gasteiger partial charge in [0.1, 0.15) is 0 Å². The molecule has 4 aliphatic rings. The molecule has 1 N–H and O–H groups in total. The van der Waals surface area contributed by atoms with Crippen LogP contribution in [0.5, 0.6) is 11.5 Å². The molecule has 29 heavy (non-hydrogen) atoms. The normalized spacial score (nSPS) is 35.1. The van der Waals surface area contributed by atoms with Gasteiger partial charge in [0.2, 0.25) is 5.91 Å². The van der Waals surface area contributed by atoms with Crippen LogP contribution in [0.4, 0.5) is 0 Å². The highest BCUT2D eigenvalue weighted by Gasteiger charge is 2.62. The predicted octanol–water partition coefficient (Wildman–Crippen LogP) is 4.93. The first-order valence-electron chi connectivity index (χ1n) is 10.9. The van der Waals surface area contributed by atoms with Gasteiger partial charge in [-0.3, -0.25) is 4.79 Å². The van der Waals surface area contributed by atoms with Crippen molar-refractivity contribution in [1.82, 2.24) is 5.43 Å². The van der Waals surface area contributed by atoms with E-state index in [0.717, 1.165) is 31.2 Å². The molecular formula is C24H34N2O3. The standard InChI is InChI=1S/C24H34N2O3/c1-5-9-29-20-18(7-6-8-19(20)28-4)13-25-26-21(27)24-12-17-10-22(2,15-24)14-23(3,11-17)16-24/h6-8,13,17H,5,9-12,14-16H2,1-4H3,(H,26,27)/b25-13+. The number of rotatable bonds is 7. The van der Waals surface area contributed by atoms with Crippen LogP contribution in [0.2, 0.25) is 0 Å². The summed E-state index contributed by atoms with van der Waals surface area (Å²) in [6, 6.07) is 5.70. The van der Waals surface area contributed by atoms with Gasteiger partial charge in [-0.1, -0.05) is 26.8 Å². The number of nitrogens with zero attached hydrogens (tertiary/aromatic N) is 1. The zero-order chi connectivity index (χ0) is 20.7. The molecular weight excluding hydrogens is 364 g/mol. The van der Waals surface area contributed by atoms with E-state index < -0.39 is 0 Å². The van der Waals surface area contributed by atoms with Crippen molar-refractivity contribution in [3.05, 3.63) is 23.8 Å². The van der Waals surface area contributed by atoms with Crippen molar-refractivity contribution in [3.8, 4) is 11.5 Å². The molecule has 5 heteroatoms. The lowest BCUT2D eigenvalue weighted by Gasteiger charge is -2.64. The molecule has 0 radical (unpaired) electrons. The molecule has 4 saturated carbocycles. The number of ether oxygens (including phenoxy) is 2. The van der Waals surface area contributed by atoms with Crippen LogP contribution < -0.4 is 14.9 Å². The summed E-state index contributed by atoms with van der Waals surface area (Å²) < 4.78 is 11.3. The number of carbonyl (C=O) groups excluding carboxylic acids is 1. The van der Waals surface area contributed by atoms with Crippen molar-refractivity contribution in [2.24, 2.45) is 27.3 Å². The summed E-state index contributed by atoms with van der Waals surface area (Å²) in [5.74, 6) is 2.12. The number of carbonyl (C=O) groups is 1. The highest BCUT2D eigenvalue weighted by atomic mass is 16.5. The molecule has 5 nitrogen and oxygen atoms in total. The predicted molar refractivity (Wildman–Crippen MR) is 114 cm³/mol. The Morgan fingerprint density at radius 3 is 2.55 bits per heavy atom. The Labute approximate surface area is 174 Å². The van der Waals surface area contributed by atoms with Gasteiger partial charge in [-0.15, -0.1) is 0 Å². The molecule has 0 aliphatic heterocycles. The smallest absolute Gasteiger partial charge is 0.246 e. The molecule has 0 heterocycles. The van der Waals surface area contributed by atoms with Crippen LogP contribution in [0.1, 0.15) is 71.3 Å². The summed E-state index contributed by atoms with van der Waals surface area (Å²) in [7, 11) is 1.63. The Morgan fingerprint density at radius 2 is 1.93 bits per heavy atom. The molecule has 1 amide bonds. The minimum Gasteiger partial charge on any atom is -0.493 e. The molecule has 0 saturated heterocycles. The Balaban J connectivity index is 1.50. The van der Waals surface area contributed by atoms with Crippen molar-refractivity contribution in [2.45, 2.75) is 65.7 Å². The largest absolute Gasteiger partial charge is 0.493 e. The van der Waals surface area contributed by atoms with Crippen LogP contribution in [0.25, 0.3) is 0 Å². The topological polar surface area (TPSA) is 59.9 Å². The molecule has 0 spiro atoms. The summed E-state index contributed by atoms with van der Waals surface area (Å²) >= 11 is 0. The average Bonchev–Trinajstić information content (AvgIpc) is 2.63. The maximum atomic E-state index is 13.3. The van der Waals surface area contributed by atoms with Gasteiger partial charge < -0.3 is 9.47 Å². The van der Waals surface area contributed by atoms with Crippen molar-refractivity contribution < 1.29 is 14.3 Å². The van der Waals surface area contributed by atoms with Gasteiger partial charge in [0.05, 0.1) is 25.3 Å². The third kappa shape index (κ3) is 3.76. The van der Waals surface area contributed by atoms with Crippen LogP contribution in [0.15, 0.2) is 23.3 Å². The maximum Gasteiger partial charge on any atom is 0.246 e. The Kier molecular flexibility index (Phi) is 5.12. The number of para-hydroxylation sites is 1. The molecule has 4 aliphatic carbocycles. The van der Waals surface area contributed by atoms with Crippen LogP contribution in [-0.4, -0.2) is 25.8 Å². The zero-order valence-electron chi connectivity index (χ0n) is 18.2. The van der Waals surface area contributed by atoms with Crippen LogP contribution in [0, 0.1) is 22.2 Å². The first-order valence-corrected chi connectivity index (χ1v) is 10.9. The van der Waals surface area contributed by atoms with E-state index in [2.05, 4.69) is 31.3 Å². The summed E-state index contributed by atoms with van der Waals surface area (Å²) in [4.78, 5) is 13.3. The first kappa shape index (κ1) is 20.2. The van der Waals surface area contributed by atoms with Gasteiger partial charge >= 0.3 is 0 Å². The fraction of sp³-hybridized carbons (Fsp3) is 0.667. The molecule has 1 aromatic carbocycles. The van der Waals surface area contributed by atoms with Gasteiger partial charge in [-0.05, 0) is 73.8 Å². The number of amides is 1. The zero-order valence-corrected chi connectivity index (χ0v) is 18.2. The number of nitrogens with one attached hydrogen (secondary N) is 1. The number of hydrogen-bond donors (Lipinski definition) is 1. The van der Waals surface area contributed by atoms with E-state index in [1.807, 2.05) is 18.2 Å².